The largest absolute Gasteiger partial charge is 0.192 e. The van der Waals surface area contributed by atoms with E-state index in [0.717, 1.165) is 4.88 Å². The van der Waals surface area contributed by atoms with E-state index in [-0.39, 0.29) is 0 Å². The Hall–Kier alpha value is -0.500. The van der Waals surface area contributed by atoms with Gasteiger partial charge in [0.15, 0.2) is 0 Å². The third-order valence-corrected chi connectivity index (χ3v) is 4.76. The van der Waals surface area contributed by atoms with Crippen LogP contribution in [0.4, 0.5) is 0 Å². The Morgan fingerprint density at radius 1 is 1.33 bits per heavy atom. The molecule has 60 valence electrons. The minimum Gasteiger partial charge on any atom is -0.192 e. The summed E-state index contributed by atoms with van der Waals surface area (Å²) in [4.78, 5) is 0.809. The molecule has 0 aliphatic heterocycles. The molecule has 0 aromatic carbocycles. The molecule has 2 heterocycles. The van der Waals surface area contributed by atoms with Crippen LogP contribution in [0.2, 0.25) is 0 Å². The molecular formula is C8H5NS3. The molecule has 2 aromatic rings. The summed E-state index contributed by atoms with van der Waals surface area (Å²) in [6.07, 6.45) is 2.07. The van der Waals surface area contributed by atoms with Crippen molar-refractivity contribution in [3.8, 4) is 6.07 Å². The van der Waals surface area contributed by atoms with Crippen LogP contribution in [0.3, 0.4) is 0 Å². The van der Waals surface area contributed by atoms with Crippen molar-refractivity contribution in [2.45, 2.75) is 4.21 Å². The summed E-state index contributed by atoms with van der Waals surface area (Å²) in [5.41, 5.74) is 0. The van der Waals surface area contributed by atoms with Crippen molar-refractivity contribution in [2.75, 3.05) is 6.26 Å². The molecule has 0 aliphatic carbocycles. The highest BCUT2D eigenvalue weighted by Crippen LogP contribution is 2.36. The number of nitriles is 1. The van der Waals surface area contributed by atoms with E-state index >= 15 is 0 Å². The van der Waals surface area contributed by atoms with E-state index in [2.05, 4.69) is 18.4 Å². The Labute approximate surface area is 82.6 Å². The van der Waals surface area contributed by atoms with Gasteiger partial charge in [-0.1, -0.05) is 0 Å². The Kier molecular flexibility index (Phi) is 2.09. The lowest BCUT2D eigenvalue weighted by atomic mass is 10.5. The summed E-state index contributed by atoms with van der Waals surface area (Å²) >= 11 is 5.08. The minimum atomic E-state index is 0.809. The highest BCUT2D eigenvalue weighted by atomic mass is 32.2. The smallest absolute Gasteiger partial charge is 0.110 e. The van der Waals surface area contributed by atoms with E-state index in [0.29, 0.717) is 0 Å². The lowest BCUT2D eigenvalue weighted by molar-refractivity contribution is 1.53. The second-order valence-electron chi connectivity index (χ2n) is 2.22. The van der Waals surface area contributed by atoms with Crippen LogP contribution in [0.5, 0.6) is 0 Å². The zero-order valence-corrected chi connectivity index (χ0v) is 8.78. The topological polar surface area (TPSA) is 23.8 Å². The lowest BCUT2D eigenvalue weighted by Gasteiger charge is -1.81. The SMILES string of the molecule is CSc1cc2sc(C#N)cc2s1. The number of nitrogens with zero attached hydrogens (tertiary/aromatic N) is 1. The standard InChI is InChI=1S/C8H5NS3/c1-10-8-3-7-6(12-8)2-5(4-9)11-7/h2-3H,1H3. The van der Waals surface area contributed by atoms with Gasteiger partial charge in [0, 0.05) is 9.40 Å². The molecule has 4 heteroatoms. The monoisotopic (exact) mass is 211 g/mol. The Morgan fingerprint density at radius 2 is 2.08 bits per heavy atom. The molecule has 0 aliphatic rings. The maximum atomic E-state index is 8.64. The van der Waals surface area contributed by atoms with Gasteiger partial charge < -0.3 is 0 Å². The van der Waals surface area contributed by atoms with Crippen molar-refractivity contribution in [2.24, 2.45) is 0 Å². The summed E-state index contributed by atoms with van der Waals surface area (Å²) in [6, 6.07) is 6.27. The molecular weight excluding hydrogens is 206 g/mol. The first-order chi connectivity index (χ1) is 5.83. The van der Waals surface area contributed by atoms with Crippen LogP contribution in [-0.2, 0) is 0 Å². The lowest BCUT2D eigenvalue weighted by Crippen LogP contribution is -1.53. The summed E-state index contributed by atoms with van der Waals surface area (Å²) < 4.78 is 3.79. The molecule has 1 nitrogen and oxygen atoms in total. The summed E-state index contributed by atoms with van der Waals surface area (Å²) in [5, 5.41) is 8.64. The third kappa shape index (κ3) is 1.24. The second kappa shape index (κ2) is 3.09. The summed E-state index contributed by atoms with van der Waals surface area (Å²) in [6.45, 7) is 0. The van der Waals surface area contributed by atoms with E-state index in [1.54, 1.807) is 34.4 Å². The van der Waals surface area contributed by atoms with Crippen molar-refractivity contribution < 1.29 is 0 Å². The number of rotatable bonds is 1. The minimum absolute atomic E-state index is 0.809. The second-order valence-corrected chi connectivity index (χ2v) is 5.49. The predicted molar refractivity (Wildman–Crippen MR) is 56.2 cm³/mol. The predicted octanol–water partition coefficient (Wildman–Crippen LogP) is 3.56. The Balaban J connectivity index is 2.61. The van der Waals surface area contributed by atoms with Crippen molar-refractivity contribution in [1.29, 1.82) is 5.26 Å². The molecule has 12 heavy (non-hydrogen) atoms. The molecule has 0 amide bonds. The zero-order valence-electron chi connectivity index (χ0n) is 6.33. The van der Waals surface area contributed by atoms with Gasteiger partial charge in [-0.15, -0.1) is 34.4 Å². The summed E-state index contributed by atoms with van der Waals surface area (Å²) in [5.74, 6) is 0. The van der Waals surface area contributed by atoms with E-state index in [4.69, 9.17) is 5.26 Å². The molecule has 0 fully saturated rings. The molecule has 0 atom stereocenters. The quantitative estimate of drug-likeness (QED) is 0.673. The molecule has 0 unspecified atom stereocenters. The molecule has 0 radical (unpaired) electrons. The molecule has 2 rings (SSSR count). The van der Waals surface area contributed by atoms with Gasteiger partial charge in [0.25, 0.3) is 0 Å². The number of thioether (sulfide) groups is 1. The maximum absolute atomic E-state index is 8.64. The van der Waals surface area contributed by atoms with Crippen LogP contribution in [0, 0.1) is 11.3 Å². The number of hydrogen-bond donors (Lipinski definition) is 0. The number of fused-ring (bicyclic) bond motifs is 1. The van der Waals surface area contributed by atoms with Gasteiger partial charge >= 0.3 is 0 Å². The van der Waals surface area contributed by atoms with Crippen LogP contribution in [0.1, 0.15) is 4.88 Å². The molecule has 0 N–H and O–H groups in total. The fourth-order valence-corrected chi connectivity index (χ4v) is 3.81. The van der Waals surface area contributed by atoms with Crippen LogP contribution < -0.4 is 0 Å². The van der Waals surface area contributed by atoms with E-state index in [1.807, 2.05) is 6.07 Å². The molecule has 0 saturated carbocycles. The van der Waals surface area contributed by atoms with Gasteiger partial charge in [0.05, 0.1) is 4.21 Å². The van der Waals surface area contributed by atoms with Crippen LogP contribution >= 0.6 is 34.4 Å². The third-order valence-electron chi connectivity index (χ3n) is 1.50. The average molecular weight is 211 g/mol. The maximum Gasteiger partial charge on any atom is 0.110 e. The summed E-state index contributed by atoms with van der Waals surface area (Å²) in [7, 11) is 0. The molecule has 0 bridgehead atoms. The van der Waals surface area contributed by atoms with Gasteiger partial charge in [-0.2, -0.15) is 5.26 Å². The average Bonchev–Trinajstić information content (AvgIpc) is 2.59. The van der Waals surface area contributed by atoms with Crippen molar-refractivity contribution in [3.63, 3.8) is 0 Å². The normalized spacial score (nSPS) is 10.3. The van der Waals surface area contributed by atoms with E-state index in [1.165, 1.54) is 13.6 Å². The number of thiophene rings is 2. The highest BCUT2D eigenvalue weighted by molar-refractivity contribution is 8.00. The van der Waals surface area contributed by atoms with Crippen molar-refractivity contribution >= 4 is 43.8 Å². The van der Waals surface area contributed by atoms with Gasteiger partial charge in [-0.3, -0.25) is 0 Å². The molecule has 0 spiro atoms. The van der Waals surface area contributed by atoms with Gasteiger partial charge in [0.2, 0.25) is 0 Å². The van der Waals surface area contributed by atoms with Gasteiger partial charge in [-0.25, -0.2) is 0 Å². The van der Waals surface area contributed by atoms with Crippen LogP contribution in [-0.4, -0.2) is 6.26 Å². The molecule has 2 aromatic heterocycles. The number of hydrogen-bond acceptors (Lipinski definition) is 4. The van der Waals surface area contributed by atoms with Crippen LogP contribution in [0.25, 0.3) is 9.40 Å². The first-order valence-corrected chi connectivity index (χ1v) is 6.16. The first kappa shape index (κ1) is 8.11. The van der Waals surface area contributed by atoms with Crippen molar-refractivity contribution in [3.05, 3.63) is 17.0 Å². The Morgan fingerprint density at radius 3 is 2.67 bits per heavy atom. The Bertz CT molecular complexity index is 415. The van der Waals surface area contributed by atoms with E-state index in [9.17, 15) is 0 Å². The highest BCUT2D eigenvalue weighted by Gasteiger charge is 2.04. The molecule has 0 saturated heterocycles. The zero-order chi connectivity index (χ0) is 8.55. The fourth-order valence-electron chi connectivity index (χ4n) is 0.969. The fraction of sp³-hybridized carbons (Fsp3) is 0.125. The van der Waals surface area contributed by atoms with Crippen LogP contribution in [0.15, 0.2) is 16.3 Å². The van der Waals surface area contributed by atoms with Gasteiger partial charge in [-0.05, 0) is 18.4 Å². The van der Waals surface area contributed by atoms with E-state index < -0.39 is 0 Å². The van der Waals surface area contributed by atoms with Crippen molar-refractivity contribution in [1.82, 2.24) is 0 Å². The van der Waals surface area contributed by atoms with Gasteiger partial charge in [0.1, 0.15) is 10.9 Å². The first-order valence-electron chi connectivity index (χ1n) is 3.31.